The molecular weight excluding hydrogens is 312 g/mol. The number of carbonyl (C=O) groups is 2. The number of urea groups is 1. The van der Waals surface area contributed by atoms with Gasteiger partial charge >= 0.3 is 6.03 Å². The Kier molecular flexibility index (Phi) is 5.02. The highest BCUT2D eigenvalue weighted by molar-refractivity contribution is 9.10. The van der Waals surface area contributed by atoms with Crippen LogP contribution in [0.2, 0.25) is 0 Å². The molecule has 0 heterocycles. The zero-order valence-electron chi connectivity index (χ0n) is 9.10. The molecule has 1 aromatic rings. The Morgan fingerprint density at radius 1 is 1.17 bits per heavy atom. The number of nitrogens with two attached hydrogens (primary N) is 1. The molecule has 3 amide bonds. The summed E-state index contributed by atoms with van der Waals surface area (Å²) in [4.78, 5) is 21.8. The molecule has 8 heteroatoms. The Labute approximate surface area is 110 Å². The van der Waals surface area contributed by atoms with Crippen LogP contribution >= 0.6 is 15.9 Å². The molecule has 0 saturated heterocycles. The second kappa shape index (κ2) is 6.29. The Morgan fingerprint density at radius 2 is 1.67 bits per heavy atom. The number of halogens is 3. The van der Waals surface area contributed by atoms with Crippen LogP contribution in [-0.4, -0.2) is 25.0 Å². The first-order valence-corrected chi connectivity index (χ1v) is 5.67. The summed E-state index contributed by atoms with van der Waals surface area (Å²) < 4.78 is 27.0. The van der Waals surface area contributed by atoms with Gasteiger partial charge in [0.05, 0.1) is 0 Å². The molecule has 0 bridgehead atoms. The van der Waals surface area contributed by atoms with Gasteiger partial charge in [-0.1, -0.05) is 15.9 Å². The Hall–Kier alpha value is -1.70. The number of rotatable bonds is 4. The van der Waals surface area contributed by atoms with Gasteiger partial charge in [-0.2, -0.15) is 0 Å². The molecule has 5 nitrogen and oxygen atoms in total. The molecule has 0 aliphatic heterocycles. The van der Waals surface area contributed by atoms with E-state index in [0.717, 1.165) is 12.1 Å². The molecule has 0 radical (unpaired) electrons. The predicted molar refractivity (Wildman–Crippen MR) is 64.0 cm³/mol. The van der Waals surface area contributed by atoms with E-state index in [9.17, 15) is 18.4 Å². The highest BCUT2D eigenvalue weighted by Gasteiger charge is 2.17. The molecule has 0 unspecified atom stereocenters. The largest absolute Gasteiger partial charge is 0.352 e. The van der Waals surface area contributed by atoms with E-state index in [2.05, 4.69) is 26.6 Å². The van der Waals surface area contributed by atoms with Crippen molar-refractivity contribution < 1.29 is 18.4 Å². The summed E-state index contributed by atoms with van der Waals surface area (Å²) in [7, 11) is 0. The maximum atomic E-state index is 13.4. The van der Waals surface area contributed by atoms with E-state index in [4.69, 9.17) is 5.73 Å². The molecule has 98 valence electrons. The highest BCUT2D eigenvalue weighted by atomic mass is 79.9. The molecule has 0 aliphatic carbocycles. The van der Waals surface area contributed by atoms with E-state index >= 15 is 0 Å². The molecule has 0 aliphatic rings. The fourth-order valence-corrected chi connectivity index (χ4v) is 1.61. The minimum atomic E-state index is -0.970. The average Bonchev–Trinajstić information content (AvgIpc) is 2.22. The van der Waals surface area contributed by atoms with Crippen molar-refractivity contribution in [2.24, 2.45) is 5.73 Å². The molecule has 1 rings (SSSR count). The lowest BCUT2D eigenvalue weighted by atomic mass is 10.2. The average molecular weight is 322 g/mol. The van der Waals surface area contributed by atoms with E-state index < -0.39 is 29.1 Å². The molecule has 0 spiro atoms. The van der Waals surface area contributed by atoms with Gasteiger partial charge in [-0.3, -0.25) is 4.79 Å². The third-order valence-corrected chi connectivity index (χ3v) is 2.40. The highest BCUT2D eigenvalue weighted by Crippen LogP contribution is 2.19. The van der Waals surface area contributed by atoms with E-state index in [1.54, 1.807) is 0 Å². The quantitative estimate of drug-likeness (QED) is 0.726. The number of hydrogen-bond donors (Lipinski definition) is 3. The SMILES string of the molecule is NC(=O)NCCNC(=O)c1c(F)cc(Br)cc1F. The van der Waals surface area contributed by atoms with Crippen molar-refractivity contribution in [2.45, 2.75) is 0 Å². The molecular formula is C10H10BrF2N3O2. The number of primary amides is 1. The van der Waals surface area contributed by atoms with Crippen LogP contribution in [0.5, 0.6) is 0 Å². The Balaban J connectivity index is 2.65. The van der Waals surface area contributed by atoms with Crippen LogP contribution in [0.25, 0.3) is 0 Å². The summed E-state index contributed by atoms with van der Waals surface area (Å²) in [5.74, 6) is -2.84. The molecule has 4 N–H and O–H groups in total. The van der Waals surface area contributed by atoms with Crippen LogP contribution in [0.1, 0.15) is 10.4 Å². The van der Waals surface area contributed by atoms with Gasteiger partial charge in [0, 0.05) is 17.6 Å². The van der Waals surface area contributed by atoms with Crippen LogP contribution in [0.3, 0.4) is 0 Å². The topological polar surface area (TPSA) is 84.2 Å². The summed E-state index contributed by atoms with van der Waals surface area (Å²) in [6.07, 6.45) is 0. The third kappa shape index (κ3) is 3.95. The van der Waals surface area contributed by atoms with Crippen LogP contribution in [-0.2, 0) is 0 Å². The van der Waals surface area contributed by atoms with Gasteiger partial charge < -0.3 is 16.4 Å². The number of carbonyl (C=O) groups excluding carboxylic acids is 2. The predicted octanol–water partition coefficient (Wildman–Crippen LogP) is 1.13. The number of amides is 3. The first-order chi connectivity index (χ1) is 8.41. The second-order valence-electron chi connectivity index (χ2n) is 3.29. The maximum Gasteiger partial charge on any atom is 0.312 e. The Bertz CT molecular complexity index is 459. The van der Waals surface area contributed by atoms with Crippen molar-refractivity contribution in [3.63, 3.8) is 0 Å². The lowest BCUT2D eigenvalue weighted by Crippen LogP contribution is -2.37. The smallest absolute Gasteiger partial charge is 0.312 e. The first kappa shape index (κ1) is 14.4. The van der Waals surface area contributed by atoms with Gasteiger partial charge in [-0.15, -0.1) is 0 Å². The summed E-state index contributed by atoms with van der Waals surface area (Å²) in [5, 5.41) is 4.47. The van der Waals surface area contributed by atoms with Crippen molar-refractivity contribution in [3.8, 4) is 0 Å². The second-order valence-corrected chi connectivity index (χ2v) is 4.21. The Morgan fingerprint density at radius 3 is 2.17 bits per heavy atom. The lowest BCUT2D eigenvalue weighted by molar-refractivity contribution is 0.0945. The van der Waals surface area contributed by atoms with E-state index in [1.165, 1.54) is 0 Å². The van der Waals surface area contributed by atoms with Gasteiger partial charge in [-0.25, -0.2) is 13.6 Å². The molecule has 0 aromatic heterocycles. The number of nitrogens with one attached hydrogen (secondary N) is 2. The fourth-order valence-electron chi connectivity index (χ4n) is 1.21. The molecule has 18 heavy (non-hydrogen) atoms. The number of hydrogen-bond acceptors (Lipinski definition) is 2. The zero-order chi connectivity index (χ0) is 13.7. The van der Waals surface area contributed by atoms with Gasteiger partial charge in [0.15, 0.2) is 0 Å². The maximum absolute atomic E-state index is 13.4. The van der Waals surface area contributed by atoms with Gasteiger partial charge in [0.2, 0.25) is 0 Å². The number of benzene rings is 1. The minimum Gasteiger partial charge on any atom is -0.352 e. The van der Waals surface area contributed by atoms with Crippen LogP contribution in [0.15, 0.2) is 16.6 Å². The molecule has 0 saturated carbocycles. The fraction of sp³-hybridized carbons (Fsp3) is 0.200. The summed E-state index contributed by atoms with van der Waals surface area (Å²) >= 11 is 2.90. The van der Waals surface area contributed by atoms with Crippen molar-refractivity contribution in [1.82, 2.24) is 10.6 Å². The van der Waals surface area contributed by atoms with Gasteiger partial charge in [0.25, 0.3) is 5.91 Å². The van der Waals surface area contributed by atoms with Crippen LogP contribution in [0, 0.1) is 11.6 Å². The van der Waals surface area contributed by atoms with Crippen molar-refractivity contribution in [1.29, 1.82) is 0 Å². The standard InChI is InChI=1S/C10H10BrF2N3O2/c11-5-3-6(12)8(7(13)4-5)9(17)15-1-2-16-10(14)18/h3-4H,1-2H2,(H,15,17)(H3,14,16,18). The summed E-state index contributed by atoms with van der Waals surface area (Å²) in [6, 6.07) is 1.23. The van der Waals surface area contributed by atoms with E-state index in [1.807, 2.05) is 0 Å². The minimum absolute atomic E-state index is 0.0106. The zero-order valence-corrected chi connectivity index (χ0v) is 10.7. The van der Waals surface area contributed by atoms with Crippen LogP contribution < -0.4 is 16.4 Å². The summed E-state index contributed by atoms with van der Waals surface area (Å²) in [5.41, 5.74) is 4.13. The van der Waals surface area contributed by atoms with Gasteiger partial charge in [0.1, 0.15) is 17.2 Å². The van der Waals surface area contributed by atoms with Crippen molar-refractivity contribution >= 4 is 27.9 Å². The molecule has 0 atom stereocenters. The van der Waals surface area contributed by atoms with E-state index in [-0.39, 0.29) is 17.6 Å². The normalized spacial score (nSPS) is 9.94. The summed E-state index contributed by atoms with van der Waals surface area (Å²) in [6.45, 7) is 0.0809. The van der Waals surface area contributed by atoms with Gasteiger partial charge in [-0.05, 0) is 12.1 Å². The molecule has 0 fully saturated rings. The van der Waals surface area contributed by atoms with Crippen LogP contribution in [0.4, 0.5) is 13.6 Å². The van der Waals surface area contributed by atoms with E-state index in [0.29, 0.717) is 0 Å². The third-order valence-electron chi connectivity index (χ3n) is 1.94. The lowest BCUT2D eigenvalue weighted by Gasteiger charge is -2.07. The molecule has 1 aromatic carbocycles. The van der Waals surface area contributed by atoms with Crippen molar-refractivity contribution in [2.75, 3.05) is 13.1 Å². The van der Waals surface area contributed by atoms with Crippen molar-refractivity contribution in [3.05, 3.63) is 33.8 Å². The first-order valence-electron chi connectivity index (χ1n) is 4.88. The monoisotopic (exact) mass is 321 g/mol.